The van der Waals surface area contributed by atoms with Crippen molar-refractivity contribution in [3.63, 3.8) is 0 Å². The molecule has 33 heavy (non-hydrogen) atoms. The lowest BCUT2D eigenvalue weighted by atomic mass is 10.2. The van der Waals surface area contributed by atoms with E-state index in [9.17, 15) is 0 Å². The zero-order valence-electron chi connectivity index (χ0n) is 18.1. The predicted octanol–water partition coefficient (Wildman–Crippen LogP) is 5.00. The van der Waals surface area contributed by atoms with Gasteiger partial charge in [0, 0.05) is 29.9 Å². The standard InChI is InChI=1S/C24H24ClN5O3/c1-2-31-9-10-32-23-13-21-18(12-20(23)26)24(29-15-28-21)30-16-6-7-22(19(25)11-16)33-14-17-5-3-4-8-27-17/h3-8,11-13,15H,2,9-10,14,26H2,1H3,(H,28,29,30). The van der Waals surface area contributed by atoms with E-state index in [0.717, 1.165) is 16.8 Å². The van der Waals surface area contributed by atoms with Gasteiger partial charge in [-0.25, -0.2) is 9.97 Å². The molecule has 8 nitrogen and oxygen atoms in total. The molecule has 0 atom stereocenters. The average molecular weight is 466 g/mol. The van der Waals surface area contributed by atoms with Crippen LogP contribution < -0.4 is 20.5 Å². The zero-order chi connectivity index (χ0) is 23.0. The number of hydrogen-bond acceptors (Lipinski definition) is 8. The Morgan fingerprint density at radius 2 is 1.88 bits per heavy atom. The molecule has 4 aromatic rings. The Labute approximate surface area is 196 Å². The topological polar surface area (TPSA) is 104 Å². The van der Waals surface area contributed by atoms with Crippen molar-refractivity contribution in [2.24, 2.45) is 0 Å². The third-order valence-corrected chi connectivity index (χ3v) is 5.05. The highest BCUT2D eigenvalue weighted by Gasteiger charge is 2.11. The number of fused-ring (bicyclic) bond motifs is 1. The first kappa shape index (κ1) is 22.6. The highest BCUT2D eigenvalue weighted by atomic mass is 35.5. The van der Waals surface area contributed by atoms with E-state index in [-0.39, 0.29) is 0 Å². The summed E-state index contributed by atoms with van der Waals surface area (Å²) < 4.78 is 16.8. The predicted molar refractivity (Wildman–Crippen MR) is 129 cm³/mol. The van der Waals surface area contributed by atoms with E-state index in [1.54, 1.807) is 30.5 Å². The fraction of sp³-hybridized carbons (Fsp3) is 0.208. The molecule has 170 valence electrons. The molecule has 0 aliphatic heterocycles. The summed E-state index contributed by atoms with van der Waals surface area (Å²) in [6.45, 7) is 3.81. The van der Waals surface area contributed by atoms with Crippen molar-refractivity contribution in [2.75, 3.05) is 30.9 Å². The number of anilines is 3. The molecule has 0 saturated heterocycles. The van der Waals surface area contributed by atoms with Crippen LogP contribution in [0.25, 0.3) is 10.9 Å². The van der Waals surface area contributed by atoms with Crippen LogP contribution in [-0.2, 0) is 11.3 Å². The summed E-state index contributed by atoms with van der Waals surface area (Å²) in [6.07, 6.45) is 3.21. The molecule has 2 aromatic carbocycles. The van der Waals surface area contributed by atoms with Crippen molar-refractivity contribution < 1.29 is 14.2 Å². The summed E-state index contributed by atoms with van der Waals surface area (Å²) in [5.41, 5.74) is 8.97. The number of nitrogens with two attached hydrogens (primary N) is 1. The Morgan fingerprint density at radius 3 is 2.67 bits per heavy atom. The minimum absolute atomic E-state index is 0.331. The monoisotopic (exact) mass is 465 g/mol. The molecule has 0 amide bonds. The molecule has 2 heterocycles. The van der Waals surface area contributed by atoms with E-state index in [1.807, 2.05) is 31.2 Å². The van der Waals surface area contributed by atoms with E-state index in [0.29, 0.717) is 60.0 Å². The highest BCUT2D eigenvalue weighted by Crippen LogP contribution is 2.33. The van der Waals surface area contributed by atoms with Crippen LogP contribution in [0.2, 0.25) is 5.02 Å². The van der Waals surface area contributed by atoms with Crippen molar-refractivity contribution in [1.29, 1.82) is 0 Å². The summed E-state index contributed by atoms with van der Waals surface area (Å²) in [6, 6.07) is 14.7. The number of halogens is 1. The Hall–Kier alpha value is -3.62. The molecule has 0 bridgehead atoms. The second kappa shape index (κ2) is 10.8. The van der Waals surface area contributed by atoms with Crippen molar-refractivity contribution in [2.45, 2.75) is 13.5 Å². The molecule has 3 N–H and O–H groups in total. The Morgan fingerprint density at radius 1 is 0.970 bits per heavy atom. The fourth-order valence-corrected chi connectivity index (χ4v) is 3.38. The number of pyridine rings is 1. The number of benzene rings is 2. The van der Waals surface area contributed by atoms with E-state index >= 15 is 0 Å². The van der Waals surface area contributed by atoms with Gasteiger partial charge in [0.25, 0.3) is 0 Å². The zero-order valence-corrected chi connectivity index (χ0v) is 18.9. The van der Waals surface area contributed by atoms with Crippen molar-refractivity contribution in [3.8, 4) is 11.5 Å². The number of nitrogens with one attached hydrogen (secondary N) is 1. The minimum atomic E-state index is 0.331. The molecule has 0 spiro atoms. The first-order valence-electron chi connectivity index (χ1n) is 10.5. The molecule has 0 aliphatic carbocycles. The maximum Gasteiger partial charge on any atom is 0.144 e. The fourth-order valence-electron chi connectivity index (χ4n) is 3.15. The number of rotatable bonds is 10. The largest absolute Gasteiger partial charge is 0.489 e. The maximum atomic E-state index is 6.43. The lowest BCUT2D eigenvalue weighted by molar-refractivity contribution is 0.110. The highest BCUT2D eigenvalue weighted by molar-refractivity contribution is 6.32. The number of nitrogen functional groups attached to an aromatic ring is 1. The van der Waals surface area contributed by atoms with Gasteiger partial charge < -0.3 is 25.3 Å². The lowest BCUT2D eigenvalue weighted by Crippen LogP contribution is -2.08. The summed E-state index contributed by atoms with van der Waals surface area (Å²) in [4.78, 5) is 13.0. The molecular formula is C24H24ClN5O3. The van der Waals surface area contributed by atoms with Crippen LogP contribution in [0.5, 0.6) is 11.5 Å². The number of aromatic nitrogens is 3. The summed E-state index contributed by atoms with van der Waals surface area (Å²) in [5, 5.41) is 4.51. The molecule has 0 saturated carbocycles. The first-order valence-corrected chi connectivity index (χ1v) is 10.9. The summed E-state index contributed by atoms with van der Waals surface area (Å²) >= 11 is 6.43. The van der Waals surface area contributed by atoms with Crippen LogP contribution in [0, 0.1) is 0 Å². The molecular weight excluding hydrogens is 442 g/mol. The smallest absolute Gasteiger partial charge is 0.144 e. The normalized spacial score (nSPS) is 10.8. The molecule has 2 aromatic heterocycles. The van der Waals surface area contributed by atoms with Crippen LogP contribution in [0.15, 0.2) is 61.1 Å². The van der Waals surface area contributed by atoms with Gasteiger partial charge in [0.1, 0.15) is 36.9 Å². The van der Waals surface area contributed by atoms with Gasteiger partial charge in [0.05, 0.1) is 28.5 Å². The van der Waals surface area contributed by atoms with Crippen LogP contribution in [0.3, 0.4) is 0 Å². The number of nitrogens with zero attached hydrogens (tertiary/aromatic N) is 3. The first-order chi connectivity index (χ1) is 16.1. The van der Waals surface area contributed by atoms with Crippen LogP contribution >= 0.6 is 11.6 Å². The molecule has 0 fully saturated rings. The molecule has 0 unspecified atom stereocenters. The second-order valence-corrected chi connectivity index (χ2v) is 7.46. The van der Waals surface area contributed by atoms with Crippen LogP contribution in [0.4, 0.5) is 17.2 Å². The van der Waals surface area contributed by atoms with Gasteiger partial charge >= 0.3 is 0 Å². The van der Waals surface area contributed by atoms with Crippen molar-refractivity contribution >= 4 is 39.7 Å². The van der Waals surface area contributed by atoms with E-state index in [1.165, 1.54) is 6.33 Å². The Kier molecular flexibility index (Phi) is 7.39. The Bertz CT molecular complexity index is 1220. The number of ether oxygens (including phenoxy) is 3. The Balaban J connectivity index is 1.48. The summed E-state index contributed by atoms with van der Waals surface area (Å²) in [5.74, 6) is 1.73. The third kappa shape index (κ3) is 5.79. The average Bonchev–Trinajstić information content (AvgIpc) is 2.83. The maximum absolute atomic E-state index is 6.43. The van der Waals surface area contributed by atoms with Gasteiger partial charge in [-0.3, -0.25) is 4.98 Å². The minimum Gasteiger partial charge on any atom is -0.489 e. The van der Waals surface area contributed by atoms with Crippen LogP contribution in [0.1, 0.15) is 12.6 Å². The van der Waals surface area contributed by atoms with Crippen molar-refractivity contribution in [3.05, 3.63) is 71.8 Å². The van der Waals surface area contributed by atoms with Gasteiger partial charge in [-0.05, 0) is 43.3 Å². The third-order valence-electron chi connectivity index (χ3n) is 4.75. The molecule has 0 aliphatic rings. The SMILES string of the molecule is CCOCCOc1cc2ncnc(Nc3ccc(OCc4ccccn4)c(Cl)c3)c2cc1N. The van der Waals surface area contributed by atoms with E-state index < -0.39 is 0 Å². The second-order valence-electron chi connectivity index (χ2n) is 7.05. The lowest BCUT2D eigenvalue weighted by Gasteiger charge is -2.13. The van der Waals surface area contributed by atoms with Gasteiger partial charge in [-0.15, -0.1) is 0 Å². The van der Waals surface area contributed by atoms with Crippen LogP contribution in [-0.4, -0.2) is 34.8 Å². The van der Waals surface area contributed by atoms with Gasteiger partial charge in [-0.1, -0.05) is 17.7 Å². The summed E-state index contributed by atoms with van der Waals surface area (Å²) in [7, 11) is 0. The van der Waals surface area contributed by atoms with E-state index in [4.69, 9.17) is 31.5 Å². The molecule has 0 radical (unpaired) electrons. The number of hydrogen-bond donors (Lipinski definition) is 2. The van der Waals surface area contributed by atoms with E-state index in [2.05, 4.69) is 20.3 Å². The van der Waals surface area contributed by atoms with Gasteiger partial charge in [0.15, 0.2) is 0 Å². The van der Waals surface area contributed by atoms with Gasteiger partial charge in [0.2, 0.25) is 0 Å². The quantitative estimate of drug-likeness (QED) is 0.249. The molecule has 9 heteroatoms. The molecule has 4 rings (SSSR count). The van der Waals surface area contributed by atoms with Gasteiger partial charge in [-0.2, -0.15) is 0 Å². The van der Waals surface area contributed by atoms with Crippen molar-refractivity contribution in [1.82, 2.24) is 15.0 Å².